The lowest BCUT2D eigenvalue weighted by Crippen LogP contribution is -2.61. The van der Waals surface area contributed by atoms with Gasteiger partial charge in [0.15, 0.2) is 5.16 Å². The fourth-order valence-corrected chi connectivity index (χ4v) is 7.03. The Kier molecular flexibility index (Phi) is 5.50. The van der Waals surface area contributed by atoms with Crippen LogP contribution in [-0.2, 0) is 11.3 Å². The number of carbonyl (C=O) groups excluding carboxylic acids is 2. The van der Waals surface area contributed by atoms with Gasteiger partial charge in [-0.15, -0.1) is 10.2 Å². The average Bonchev–Trinajstić information content (AvgIpc) is 3.05. The zero-order valence-corrected chi connectivity index (χ0v) is 18.7. The highest BCUT2D eigenvalue weighted by atomic mass is 32.2. The van der Waals surface area contributed by atoms with Gasteiger partial charge in [0.2, 0.25) is 5.91 Å². The molecule has 4 aliphatic rings. The van der Waals surface area contributed by atoms with Crippen molar-refractivity contribution in [2.75, 3.05) is 5.75 Å². The fraction of sp³-hybridized carbons (Fsp3) is 0.565. The van der Waals surface area contributed by atoms with Crippen molar-refractivity contribution in [3.63, 3.8) is 0 Å². The van der Waals surface area contributed by atoms with E-state index in [2.05, 4.69) is 33.0 Å². The number of hydrogen-bond acceptors (Lipinski definition) is 5. The van der Waals surface area contributed by atoms with Crippen LogP contribution in [0.5, 0.6) is 0 Å². The third-order valence-electron chi connectivity index (χ3n) is 7.09. The lowest BCUT2D eigenvalue weighted by Gasteiger charge is -2.56. The number of aryl methyl sites for hydroxylation is 1. The first-order valence-corrected chi connectivity index (χ1v) is 12.1. The SMILES string of the molecule is Cc1nnc(SCC(=O)NC(=O)NC23CC4CC(CC(C4)C2)C3)n1Cc1ccccc1. The highest BCUT2D eigenvalue weighted by Crippen LogP contribution is 2.55. The van der Waals surface area contributed by atoms with Gasteiger partial charge >= 0.3 is 6.03 Å². The van der Waals surface area contributed by atoms with Gasteiger partial charge in [-0.1, -0.05) is 42.1 Å². The van der Waals surface area contributed by atoms with Crippen molar-refractivity contribution in [1.82, 2.24) is 25.4 Å². The molecule has 1 aromatic carbocycles. The van der Waals surface area contributed by atoms with Crippen LogP contribution in [0.2, 0.25) is 0 Å². The van der Waals surface area contributed by atoms with E-state index in [0.29, 0.717) is 11.7 Å². The standard InChI is InChI=1S/C23H29N5O2S/c1-15-26-27-22(28(15)13-16-5-3-2-4-6-16)31-14-20(29)24-21(30)25-23-10-17-7-18(11-23)9-19(8-17)12-23/h2-6,17-19H,7-14H2,1H3,(H2,24,25,29,30). The van der Waals surface area contributed by atoms with E-state index in [9.17, 15) is 9.59 Å². The third-order valence-corrected chi connectivity index (χ3v) is 8.05. The Morgan fingerprint density at radius 3 is 2.35 bits per heavy atom. The van der Waals surface area contributed by atoms with Crippen molar-refractivity contribution in [1.29, 1.82) is 0 Å². The van der Waals surface area contributed by atoms with E-state index in [4.69, 9.17) is 0 Å². The average molecular weight is 440 g/mol. The number of urea groups is 1. The zero-order valence-electron chi connectivity index (χ0n) is 17.8. The van der Waals surface area contributed by atoms with Crippen molar-refractivity contribution in [2.24, 2.45) is 17.8 Å². The van der Waals surface area contributed by atoms with E-state index in [1.165, 1.54) is 31.0 Å². The van der Waals surface area contributed by atoms with Crippen LogP contribution in [0.15, 0.2) is 35.5 Å². The second-order valence-electron chi connectivity index (χ2n) is 9.59. The van der Waals surface area contributed by atoms with Crippen LogP contribution in [0.3, 0.4) is 0 Å². The van der Waals surface area contributed by atoms with Gasteiger partial charge in [0, 0.05) is 5.54 Å². The Morgan fingerprint density at radius 1 is 1.06 bits per heavy atom. The van der Waals surface area contributed by atoms with Gasteiger partial charge in [0.25, 0.3) is 0 Å². The summed E-state index contributed by atoms with van der Waals surface area (Å²) in [6.07, 6.45) is 7.16. The molecule has 0 radical (unpaired) electrons. The quantitative estimate of drug-likeness (QED) is 0.673. The molecular formula is C23H29N5O2S. The van der Waals surface area contributed by atoms with Gasteiger partial charge < -0.3 is 9.88 Å². The van der Waals surface area contributed by atoms with Gasteiger partial charge in [-0.3, -0.25) is 10.1 Å². The molecule has 4 saturated carbocycles. The van der Waals surface area contributed by atoms with Gasteiger partial charge in [-0.25, -0.2) is 4.79 Å². The molecule has 1 aromatic heterocycles. The number of amides is 3. The number of nitrogens with one attached hydrogen (secondary N) is 2. The second-order valence-corrected chi connectivity index (χ2v) is 10.5. The Labute approximate surface area is 186 Å². The molecule has 8 heteroatoms. The Bertz CT molecular complexity index is 938. The molecule has 3 amide bonds. The Hall–Kier alpha value is -2.35. The van der Waals surface area contributed by atoms with Crippen LogP contribution in [-0.4, -0.2) is 38.0 Å². The van der Waals surface area contributed by atoms with E-state index in [1.807, 2.05) is 29.7 Å². The molecule has 2 N–H and O–H groups in total. The smallest absolute Gasteiger partial charge is 0.321 e. The highest BCUT2D eigenvalue weighted by molar-refractivity contribution is 7.99. The summed E-state index contributed by atoms with van der Waals surface area (Å²) in [5.41, 5.74) is 1.05. The third kappa shape index (κ3) is 4.49. The first-order valence-electron chi connectivity index (χ1n) is 11.2. The largest absolute Gasteiger partial charge is 0.332 e. The predicted molar refractivity (Wildman–Crippen MR) is 119 cm³/mol. The highest BCUT2D eigenvalue weighted by Gasteiger charge is 2.51. The van der Waals surface area contributed by atoms with E-state index in [-0.39, 0.29) is 23.2 Å². The molecule has 4 bridgehead atoms. The number of imide groups is 1. The molecule has 6 rings (SSSR count). The molecular weight excluding hydrogens is 410 g/mol. The van der Waals surface area contributed by atoms with Crippen molar-refractivity contribution in [2.45, 2.75) is 62.7 Å². The topological polar surface area (TPSA) is 88.9 Å². The second kappa shape index (κ2) is 8.30. The maximum atomic E-state index is 12.6. The van der Waals surface area contributed by atoms with Gasteiger partial charge in [-0.05, 0) is 68.8 Å². The molecule has 0 aliphatic heterocycles. The maximum Gasteiger partial charge on any atom is 0.321 e. The minimum Gasteiger partial charge on any atom is -0.332 e. The van der Waals surface area contributed by atoms with Crippen molar-refractivity contribution >= 4 is 23.7 Å². The van der Waals surface area contributed by atoms with Gasteiger partial charge in [-0.2, -0.15) is 0 Å². The molecule has 0 saturated heterocycles. The number of benzene rings is 1. The normalized spacial score (nSPS) is 28.5. The van der Waals surface area contributed by atoms with E-state index in [0.717, 1.165) is 48.4 Å². The molecule has 0 spiro atoms. The summed E-state index contributed by atoms with van der Waals surface area (Å²) in [4.78, 5) is 25.0. The molecule has 4 aliphatic carbocycles. The lowest BCUT2D eigenvalue weighted by atomic mass is 9.53. The fourth-order valence-electron chi connectivity index (χ4n) is 6.24. The molecule has 2 aromatic rings. The van der Waals surface area contributed by atoms with Crippen molar-refractivity contribution < 1.29 is 9.59 Å². The predicted octanol–water partition coefficient (Wildman–Crippen LogP) is 3.52. The molecule has 0 unspecified atom stereocenters. The molecule has 0 atom stereocenters. The summed E-state index contributed by atoms with van der Waals surface area (Å²) >= 11 is 1.30. The van der Waals surface area contributed by atoms with Crippen LogP contribution in [0, 0.1) is 24.7 Å². The molecule has 1 heterocycles. The summed E-state index contributed by atoms with van der Waals surface area (Å²) in [6, 6.07) is 9.73. The minimum atomic E-state index is -0.352. The van der Waals surface area contributed by atoms with Crippen LogP contribution in [0.25, 0.3) is 0 Å². The summed E-state index contributed by atoms with van der Waals surface area (Å²) in [5, 5.41) is 14.8. The van der Waals surface area contributed by atoms with Crippen LogP contribution >= 0.6 is 11.8 Å². The number of hydrogen-bond donors (Lipinski definition) is 2. The van der Waals surface area contributed by atoms with Gasteiger partial charge in [0.1, 0.15) is 5.82 Å². The van der Waals surface area contributed by atoms with Crippen LogP contribution in [0.4, 0.5) is 4.79 Å². The van der Waals surface area contributed by atoms with Crippen LogP contribution in [0.1, 0.15) is 49.9 Å². The molecule has 31 heavy (non-hydrogen) atoms. The number of rotatable bonds is 6. The molecule has 7 nitrogen and oxygen atoms in total. The Morgan fingerprint density at radius 2 is 1.71 bits per heavy atom. The minimum absolute atomic E-state index is 0.0980. The van der Waals surface area contributed by atoms with Crippen LogP contribution < -0.4 is 10.6 Å². The van der Waals surface area contributed by atoms with Crippen molar-refractivity contribution in [3.05, 3.63) is 41.7 Å². The lowest BCUT2D eigenvalue weighted by molar-refractivity contribution is -0.117. The monoisotopic (exact) mass is 439 g/mol. The zero-order chi connectivity index (χ0) is 21.4. The van der Waals surface area contributed by atoms with E-state index >= 15 is 0 Å². The summed E-state index contributed by atoms with van der Waals surface area (Å²) in [5.74, 6) is 2.86. The number of carbonyl (C=O) groups is 2. The Balaban J connectivity index is 1.14. The number of aromatic nitrogens is 3. The van der Waals surface area contributed by atoms with E-state index < -0.39 is 0 Å². The number of thioether (sulfide) groups is 1. The molecule has 164 valence electrons. The first kappa shape index (κ1) is 20.5. The summed E-state index contributed by atoms with van der Waals surface area (Å²) in [7, 11) is 0. The maximum absolute atomic E-state index is 12.6. The summed E-state index contributed by atoms with van der Waals surface area (Å²) in [6.45, 7) is 2.55. The van der Waals surface area contributed by atoms with Crippen molar-refractivity contribution in [3.8, 4) is 0 Å². The molecule has 4 fully saturated rings. The van der Waals surface area contributed by atoms with Gasteiger partial charge in [0.05, 0.1) is 12.3 Å². The first-order chi connectivity index (χ1) is 15.0. The van der Waals surface area contributed by atoms with E-state index in [1.54, 1.807) is 0 Å². The summed E-state index contributed by atoms with van der Waals surface area (Å²) < 4.78 is 1.99. The number of nitrogens with zero attached hydrogens (tertiary/aromatic N) is 3.